The van der Waals surface area contributed by atoms with Gasteiger partial charge in [-0.1, -0.05) is 0 Å². The molecule has 2 amide bonds. The summed E-state index contributed by atoms with van der Waals surface area (Å²) in [6.45, 7) is 3.86. The standard InChI is InChI=1S/C10H11N5OS/c1-6-7(2)17-10(13-6)15-9(16)14-8-5-11-3-4-12-8/h3-5H,1-2H3,(H2,12,13,14,15,16). The summed E-state index contributed by atoms with van der Waals surface area (Å²) >= 11 is 1.43. The van der Waals surface area contributed by atoms with Gasteiger partial charge in [0.1, 0.15) is 0 Å². The summed E-state index contributed by atoms with van der Waals surface area (Å²) in [7, 11) is 0. The minimum absolute atomic E-state index is 0.376. The number of urea groups is 1. The maximum absolute atomic E-state index is 11.6. The Morgan fingerprint density at radius 1 is 1.29 bits per heavy atom. The number of hydrogen-bond acceptors (Lipinski definition) is 5. The molecule has 0 fully saturated rings. The third-order valence-electron chi connectivity index (χ3n) is 2.05. The highest BCUT2D eigenvalue weighted by molar-refractivity contribution is 7.15. The number of thiazole rings is 1. The number of aromatic nitrogens is 3. The second-order valence-corrected chi connectivity index (χ2v) is 4.53. The van der Waals surface area contributed by atoms with Crippen LogP contribution in [0.3, 0.4) is 0 Å². The summed E-state index contributed by atoms with van der Waals surface area (Å²) < 4.78 is 0. The van der Waals surface area contributed by atoms with E-state index in [0.717, 1.165) is 10.6 Å². The fourth-order valence-corrected chi connectivity index (χ4v) is 1.94. The van der Waals surface area contributed by atoms with E-state index in [1.165, 1.54) is 29.9 Å². The van der Waals surface area contributed by atoms with Gasteiger partial charge in [0.05, 0.1) is 11.9 Å². The number of rotatable bonds is 2. The molecule has 2 rings (SSSR count). The SMILES string of the molecule is Cc1nc(NC(=O)Nc2cnccn2)sc1C. The smallest absolute Gasteiger partial charge is 0.291 e. The van der Waals surface area contributed by atoms with Gasteiger partial charge in [0, 0.05) is 17.3 Å². The lowest BCUT2D eigenvalue weighted by Gasteiger charge is -2.02. The molecule has 0 aliphatic carbocycles. The number of nitrogens with zero attached hydrogens (tertiary/aromatic N) is 3. The molecule has 2 aromatic rings. The zero-order valence-corrected chi connectivity index (χ0v) is 10.2. The minimum Gasteiger partial charge on any atom is -0.291 e. The van der Waals surface area contributed by atoms with Gasteiger partial charge < -0.3 is 0 Å². The number of carbonyl (C=O) groups is 1. The molecular formula is C10H11N5OS. The van der Waals surface area contributed by atoms with Crippen LogP contribution < -0.4 is 10.6 Å². The summed E-state index contributed by atoms with van der Waals surface area (Å²) in [5.74, 6) is 0.398. The molecule has 0 radical (unpaired) electrons. The second kappa shape index (κ2) is 4.88. The monoisotopic (exact) mass is 249 g/mol. The van der Waals surface area contributed by atoms with Gasteiger partial charge in [-0.25, -0.2) is 14.8 Å². The summed E-state index contributed by atoms with van der Waals surface area (Å²) in [5.41, 5.74) is 0.921. The number of nitrogens with one attached hydrogen (secondary N) is 2. The number of amides is 2. The van der Waals surface area contributed by atoms with Crippen molar-refractivity contribution in [3.63, 3.8) is 0 Å². The van der Waals surface area contributed by atoms with Crippen molar-refractivity contribution in [1.82, 2.24) is 15.0 Å². The van der Waals surface area contributed by atoms with Crippen molar-refractivity contribution in [3.05, 3.63) is 29.2 Å². The van der Waals surface area contributed by atoms with Gasteiger partial charge in [-0.3, -0.25) is 15.6 Å². The Morgan fingerprint density at radius 2 is 2.12 bits per heavy atom. The topological polar surface area (TPSA) is 79.8 Å². The highest BCUT2D eigenvalue weighted by Crippen LogP contribution is 2.20. The third-order valence-corrected chi connectivity index (χ3v) is 3.04. The molecule has 88 valence electrons. The van der Waals surface area contributed by atoms with Crippen LogP contribution in [-0.2, 0) is 0 Å². The van der Waals surface area contributed by atoms with Crippen LogP contribution in [0, 0.1) is 13.8 Å². The summed E-state index contributed by atoms with van der Waals surface area (Å²) in [5, 5.41) is 5.77. The number of hydrogen-bond donors (Lipinski definition) is 2. The van der Waals surface area contributed by atoms with Gasteiger partial charge in [-0.2, -0.15) is 0 Å². The van der Waals surface area contributed by atoms with Crippen molar-refractivity contribution in [2.24, 2.45) is 0 Å². The van der Waals surface area contributed by atoms with E-state index in [4.69, 9.17) is 0 Å². The van der Waals surface area contributed by atoms with Crippen LogP contribution in [0.5, 0.6) is 0 Å². The molecule has 0 aromatic carbocycles. The van der Waals surface area contributed by atoms with Gasteiger partial charge in [0.2, 0.25) is 0 Å². The average Bonchev–Trinajstić information content (AvgIpc) is 2.59. The molecule has 0 aliphatic heterocycles. The molecule has 2 N–H and O–H groups in total. The van der Waals surface area contributed by atoms with E-state index in [1.54, 1.807) is 0 Å². The van der Waals surface area contributed by atoms with E-state index < -0.39 is 0 Å². The molecule has 0 aliphatic rings. The normalized spacial score (nSPS) is 10.0. The predicted octanol–water partition coefficient (Wildman–Crippen LogP) is 2.19. The highest BCUT2D eigenvalue weighted by atomic mass is 32.1. The lowest BCUT2D eigenvalue weighted by Crippen LogP contribution is -2.20. The van der Waals surface area contributed by atoms with Crippen LogP contribution in [0.15, 0.2) is 18.6 Å². The Labute approximate surface area is 102 Å². The third kappa shape index (κ3) is 2.97. The van der Waals surface area contributed by atoms with E-state index in [1.807, 2.05) is 13.8 Å². The molecule has 0 saturated heterocycles. The fraction of sp³-hybridized carbons (Fsp3) is 0.200. The van der Waals surface area contributed by atoms with Gasteiger partial charge in [0.25, 0.3) is 0 Å². The summed E-state index contributed by atoms with van der Waals surface area (Å²) in [4.78, 5) is 24.6. The van der Waals surface area contributed by atoms with Gasteiger partial charge in [-0.15, -0.1) is 11.3 Å². The Hall–Kier alpha value is -2.02. The Morgan fingerprint density at radius 3 is 2.71 bits per heavy atom. The summed E-state index contributed by atoms with van der Waals surface area (Å²) in [6, 6.07) is -0.376. The maximum Gasteiger partial charge on any atom is 0.326 e. The molecular weight excluding hydrogens is 238 g/mol. The molecule has 7 heteroatoms. The molecule has 17 heavy (non-hydrogen) atoms. The van der Waals surface area contributed by atoms with Crippen molar-refractivity contribution in [2.45, 2.75) is 13.8 Å². The van der Waals surface area contributed by atoms with Crippen LogP contribution >= 0.6 is 11.3 Å². The molecule has 0 spiro atoms. The van der Waals surface area contributed by atoms with Gasteiger partial charge in [0.15, 0.2) is 10.9 Å². The molecule has 0 saturated carbocycles. The zero-order chi connectivity index (χ0) is 12.3. The van der Waals surface area contributed by atoms with Crippen molar-refractivity contribution in [3.8, 4) is 0 Å². The van der Waals surface area contributed by atoms with Gasteiger partial charge in [-0.05, 0) is 13.8 Å². The predicted molar refractivity (Wildman–Crippen MR) is 66.3 cm³/mol. The first-order valence-corrected chi connectivity index (χ1v) is 5.75. The molecule has 0 unspecified atom stereocenters. The van der Waals surface area contributed by atoms with Crippen LogP contribution in [-0.4, -0.2) is 21.0 Å². The Bertz CT molecular complexity index is 505. The first kappa shape index (κ1) is 11.5. The number of aryl methyl sites for hydroxylation is 2. The molecule has 0 bridgehead atoms. The minimum atomic E-state index is -0.376. The first-order chi connectivity index (χ1) is 8.15. The first-order valence-electron chi connectivity index (χ1n) is 4.93. The van der Waals surface area contributed by atoms with E-state index in [9.17, 15) is 4.79 Å². The Balaban J connectivity index is 1.98. The molecule has 2 aromatic heterocycles. The lowest BCUT2D eigenvalue weighted by molar-refractivity contribution is 0.262. The maximum atomic E-state index is 11.6. The quantitative estimate of drug-likeness (QED) is 0.855. The fourth-order valence-electron chi connectivity index (χ4n) is 1.13. The van der Waals surface area contributed by atoms with Crippen LogP contribution in [0.1, 0.15) is 10.6 Å². The van der Waals surface area contributed by atoms with Gasteiger partial charge >= 0.3 is 6.03 Å². The van der Waals surface area contributed by atoms with Crippen LogP contribution in [0.4, 0.5) is 15.7 Å². The second-order valence-electron chi connectivity index (χ2n) is 3.33. The molecule has 6 nitrogen and oxygen atoms in total. The lowest BCUT2D eigenvalue weighted by atomic mass is 10.4. The van der Waals surface area contributed by atoms with E-state index in [2.05, 4.69) is 25.6 Å². The van der Waals surface area contributed by atoms with Crippen molar-refractivity contribution >= 4 is 28.3 Å². The van der Waals surface area contributed by atoms with E-state index >= 15 is 0 Å². The van der Waals surface area contributed by atoms with Crippen LogP contribution in [0.2, 0.25) is 0 Å². The van der Waals surface area contributed by atoms with Crippen molar-refractivity contribution < 1.29 is 4.79 Å². The molecule has 0 atom stereocenters. The van der Waals surface area contributed by atoms with E-state index in [0.29, 0.717) is 10.9 Å². The van der Waals surface area contributed by atoms with Crippen molar-refractivity contribution in [2.75, 3.05) is 10.6 Å². The van der Waals surface area contributed by atoms with E-state index in [-0.39, 0.29) is 6.03 Å². The van der Waals surface area contributed by atoms with Crippen molar-refractivity contribution in [1.29, 1.82) is 0 Å². The zero-order valence-electron chi connectivity index (χ0n) is 9.39. The highest BCUT2D eigenvalue weighted by Gasteiger charge is 2.08. The average molecular weight is 249 g/mol. The van der Waals surface area contributed by atoms with Crippen LogP contribution in [0.25, 0.3) is 0 Å². The molecule has 2 heterocycles. The number of carbonyl (C=O) groups excluding carboxylic acids is 1. The Kier molecular flexibility index (Phi) is 3.29. The summed E-state index contributed by atoms with van der Waals surface area (Å²) in [6.07, 6.45) is 4.52. The largest absolute Gasteiger partial charge is 0.326 e. The number of anilines is 2.